The zero-order valence-electron chi connectivity index (χ0n) is 8.00. The molecule has 0 unspecified atom stereocenters. The summed E-state index contributed by atoms with van der Waals surface area (Å²) in [5.41, 5.74) is 0. The van der Waals surface area contributed by atoms with E-state index in [1.807, 2.05) is 18.2 Å². The highest BCUT2D eigenvalue weighted by molar-refractivity contribution is 5.46. The lowest BCUT2D eigenvalue weighted by molar-refractivity contribution is -0.121. The Morgan fingerprint density at radius 3 is 2.07 bits per heavy atom. The van der Waals surface area contributed by atoms with Crippen LogP contribution in [0.5, 0.6) is 0 Å². The minimum atomic E-state index is 0.693. The van der Waals surface area contributed by atoms with E-state index in [1.54, 1.807) is 17.3 Å². The van der Waals surface area contributed by atoms with Gasteiger partial charge >= 0.3 is 0 Å². The van der Waals surface area contributed by atoms with Crippen molar-refractivity contribution in [2.75, 3.05) is 26.3 Å². The Hall–Kier alpha value is -1.42. The van der Waals surface area contributed by atoms with Crippen molar-refractivity contribution in [2.24, 2.45) is 0 Å². The number of ether oxygens (including phenoxy) is 1. The Bertz CT molecular complexity index is 208. The van der Waals surface area contributed by atoms with Gasteiger partial charge < -0.3 is 9.64 Å². The van der Waals surface area contributed by atoms with E-state index in [1.165, 1.54) is 0 Å². The quantitative estimate of drug-likeness (QED) is 0.613. The summed E-state index contributed by atoms with van der Waals surface area (Å²) >= 11 is 0. The molecule has 1 aromatic rings. The van der Waals surface area contributed by atoms with Gasteiger partial charge in [-0.3, -0.25) is 9.78 Å². The van der Waals surface area contributed by atoms with Crippen LogP contribution < -0.4 is 0 Å². The predicted octanol–water partition coefficient (Wildman–Crippen LogP) is 0.557. The van der Waals surface area contributed by atoms with Crippen LogP contribution in [0.2, 0.25) is 0 Å². The zero-order valence-corrected chi connectivity index (χ0v) is 8.00. The van der Waals surface area contributed by atoms with Gasteiger partial charge in [0.05, 0.1) is 13.2 Å². The zero-order chi connectivity index (χ0) is 10.1. The molecule has 1 aliphatic rings. The molecule has 1 fully saturated rings. The van der Waals surface area contributed by atoms with Gasteiger partial charge in [0.25, 0.3) is 0 Å². The van der Waals surface area contributed by atoms with Crippen molar-refractivity contribution in [3.63, 3.8) is 0 Å². The second kappa shape index (κ2) is 7.03. The molecule has 0 atom stereocenters. The molecule has 0 aliphatic carbocycles. The van der Waals surface area contributed by atoms with E-state index < -0.39 is 0 Å². The monoisotopic (exact) mass is 194 g/mol. The first-order valence-electron chi connectivity index (χ1n) is 4.55. The van der Waals surface area contributed by atoms with Crippen molar-refractivity contribution in [3.8, 4) is 0 Å². The second-order valence-electron chi connectivity index (χ2n) is 2.78. The van der Waals surface area contributed by atoms with Crippen LogP contribution in [0.4, 0.5) is 0 Å². The summed E-state index contributed by atoms with van der Waals surface area (Å²) < 4.78 is 5.00. The summed E-state index contributed by atoms with van der Waals surface area (Å²) in [5.74, 6) is 0. The van der Waals surface area contributed by atoms with E-state index in [0.717, 1.165) is 19.5 Å². The number of rotatable bonds is 1. The molecule has 1 aliphatic heterocycles. The maximum absolute atomic E-state index is 10.0. The van der Waals surface area contributed by atoms with Crippen LogP contribution >= 0.6 is 0 Å². The Morgan fingerprint density at radius 2 is 1.79 bits per heavy atom. The smallest absolute Gasteiger partial charge is 0.209 e. The van der Waals surface area contributed by atoms with Crippen LogP contribution in [0.1, 0.15) is 0 Å². The van der Waals surface area contributed by atoms with Gasteiger partial charge in [-0.1, -0.05) is 6.07 Å². The van der Waals surface area contributed by atoms with Crippen LogP contribution in [0.3, 0.4) is 0 Å². The number of pyridine rings is 1. The number of hydrogen-bond donors (Lipinski definition) is 0. The molecule has 0 aromatic carbocycles. The summed E-state index contributed by atoms with van der Waals surface area (Å²) in [7, 11) is 0. The van der Waals surface area contributed by atoms with E-state index in [0.29, 0.717) is 13.2 Å². The van der Waals surface area contributed by atoms with Crippen LogP contribution in [0.25, 0.3) is 0 Å². The third-order valence-corrected chi connectivity index (χ3v) is 1.76. The molecular weight excluding hydrogens is 180 g/mol. The summed E-state index contributed by atoms with van der Waals surface area (Å²) in [5, 5.41) is 0. The Balaban J connectivity index is 0.000000146. The number of aromatic nitrogens is 1. The largest absolute Gasteiger partial charge is 0.378 e. The van der Waals surface area contributed by atoms with Crippen molar-refractivity contribution >= 4 is 6.41 Å². The molecule has 4 nitrogen and oxygen atoms in total. The molecular formula is C10H14N2O2. The highest BCUT2D eigenvalue weighted by Gasteiger charge is 2.05. The molecule has 1 aromatic heterocycles. The Kier molecular flexibility index (Phi) is 5.35. The van der Waals surface area contributed by atoms with Gasteiger partial charge in [-0.05, 0) is 12.1 Å². The molecule has 0 N–H and O–H groups in total. The third kappa shape index (κ3) is 4.57. The molecule has 76 valence electrons. The standard InChI is InChI=1S/C5H9NO2.C5H5N/c7-5-6-1-3-8-4-2-6;1-2-4-6-5-3-1/h5H,1-4H2;1-5H. The number of morpholine rings is 1. The Morgan fingerprint density at radius 1 is 1.14 bits per heavy atom. The SMILES string of the molecule is O=CN1CCOCC1.c1ccncc1. The number of carbonyl (C=O) groups is 1. The van der Waals surface area contributed by atoms with E-state index in [2.05, 4.69) is 4.98 Å². The van der Waals surface area contributed by atoms with Crippen LogP contribution in [0.15, 0.2) is 30.6 Å². The highest BCUT2D eigenvalue weighted by atomic mass is 16.5. The summed E-state index contributed by atoms with van der Waals surface area (Å²) in [6, 6.07) is 5.72. The number of carbonyl (C=O) groups excluding carboxylic acids is 1. The lowest BCUT2D eigenvalue weighted by Crippen LogP contribution is -2.34. The molecule has 4 heteroatoms. The molecule has 0 bridgehead atoms. The van der Waals surface area contributed by atoms with E-state index >= 15 is 0 Å². The van der Waals surface area contributed by atoms with Crippen molar-refractivity contribution in [2.45, 2.75) is 0 Å². The van der Waals surface area contributed by atoms with Crippen LogP contribution in [-0.2, 0) is 9.53 Å². The van der Waals surface area contributed by atoms with Crippen molar-refractivity contribution < 1.29 is 9.53 Å². The van der Waals surface area contributed by atoms with Crippen molar-refractivity contribution in [1.29, 1.82) is 0 Å². The third-order valence-electron chi connectivity index (χ3n) is 1.76. The first-order valence-corrected chi connectivity index (χ1v) is 4.55. The van der Waals surface area contributed by atoms with Gasteiger partial charge in [0.2, 0.25) is 6.41 Å². The molecule has 1 amide bonds. The highest BCUT2D eigenvalue weighted by Crippen LogP contribution is 1.90. The van der Waals surface area contributed by atoms with Gasteiger partial charge in [-0.15, -0.1) is 0 Å². The second-order valence-corrected chi connectivity index (χ2v) is 2.78. The van der Waals surface area contributed by atoms with Gasteiger partial charge in [0.1, 0.15) is 0 Å². The first-order chi connectivity index (χ1) is 6.93. The fourth-order valence-corrected chi connectivity index (χ4v) is 0.995. The fraction of sp³-hybridized carbons (Fsp3) is 0.400. The summed E-state index contributed by atoms with van der Waals surface area (Å²) in [6.07, 6.45) is 4.36. The molecule has 1 saturated heterocycles. The molecule has 2 heterocycles. The summed E-state index contributed by atoms with van der Waals surface area (Å²) in [6.45, 7) is 2.89. The predicted molar refractivity (Wildman–Crippen MR) is 52.7 cm³/mol. The molecule has 0 radical (unpaired) electrons. The van der Waals surface area contributed by atoms with E-state index in [4.69, 9.17) is 4.74 Å². The Labute approximate surface area is 83.5 Å². The number of nitrogens with zero attached hydrogens (tertiary/aromatic N) is 2. The average Bonchev–Trinajstić information content (AvgIpc) is 2.33. The summed E-state index contributed by atoms with van der Waals surface area (Å²) in [4.78, 5) is 15.5. The van der Waals surface area contributed by atoms with E-state index in [9.17, 15) is 4.79 Å². The van der Waals surface area contributed by atoms with Crippen LogP contribution in [0, 0.1) is 0 Å². The van der Waals surface area contributed by atoms with Gasteiger partial charge in [-0.2, -0.15) is 0 Å². The number of amides is 1. The number of hydrogen-bond acceptors (Lipinski definition) is 3. The van der Waals surface area contributed by atoms with Gasteiger partial charge in [0, 0.05) is 25.5 Å². The van der Waals surface area contributed by atoms with Gasteiger partial charge in [-0.25, -0.2) is 0 Å². The lowest BCUT2D eigenvalue weighted by atomic mass is 10.5. The first kappa shape index (κ1) is 10.7. The normalized spacial score (nSPS) is 15.3. The maximum Gasteiger partial charge on any atom is 0.209 e. The molecule has 2 rings (SSSR count). The van der Waals surface area contributed by atoms with Crippen LogP contribution in [-0.4, -0.2) is 42.6 Å². The molecule has 14 heavy (non-hydrogen) atoms. The van der Waals surface area contributed by atoms with E-state index in [-0.39, 0.29) is 0 Å². The van der Waals surface area contributed by atoms with Crippen molar-refractivity contribution in [1.82, 2.24) is 9.88 Å². The maximum atomic E-state index is 10.0. The average molecular weight is 194 g/mol. The van der Waals surface area contributed by atoms with Gasteiger partial charge in [0.15, 0.2) is 0 Å². The van der Waals surface area contributed by atoms with Crippen molar-refractivity contribution in [3.05, 3.63) is 30.6 Å². The topological polar surface area (TPSA) is 42.4 Å². The molecule has 0 saturated carbocycles. The fourth-order valence-electron chi connectivity index (χ4n) is 0.995. The lowest BCUT2D eigenvalue weighted by Gasteiger charge is -2.21. The minimum absolute atomic E-state index is 0.693. The minimum Gasteiger partial charge on any atom is -0.378 e. The molecule has 0 spiro atoms.